The number of aromatic nitrogens is 1. The Labute approximate surface area is 132 Å². The minimum absolute atomic E-state index is 0.0221. The van der Waals surface area contributed by atoms with E-state index in [1.165, 1.54) is 37.3 Å². The predicted molar refractivity (Wildman–Crippen MR) is 81.1 cm³/mol. The fraction of sp³-hybridized carbons (Fsp3) is 0.231. The van der Waals surface area contributed by atoms with Gasteiger partial charge in [-0.1, -0.05) is 16.8 Å². The van der Waals surface area contributed by atoms with E-state index in [2.05, 4.69) is 15.2 Å². The van der Waals surface area contributed by atoms with E-state index in [0.29, 0.717) is 10.8 Å². The molecule has 0 spiro atoms. The van der Waals surface area contributed by atoms with E-state index in [1.54, 1.807) is 6.92 Å². The molecule has 1 heterocycles. The number of halogens is 1. The largest absolute Gasteiger partial charge is 0.360 e. The van der Waals surface area contributed by atoms with Crippen molar-refractivity contribution in [3.8, 4) is 0 Å². The minimum Gasteiger partial charge on any atom is -0.360 e. The monoisotopic (exact) mass is 343 g/mol. The smallest absolute Gasteiger partial charge is 0.243 e. The lowest BCUT2D eigenvalue weighted by molar-refractivity contribution is -0.117. The van der Waals surface area contributed by atoms with Gasteiger partial charge in [-0.25, -0.2) is 8.42 Å². The number of nitrogens with zero attached hydrogens (tertiary/aromatic N) is 1. The molecule has 118 valence electrons. The second-order valence-corrected chi connectivity index (χ2v) is 6.76. The third-order valence-corrected chi connectivity index (χ3v) is 4.54. The molecule has 1 aromatic carbocycles. The highest BCUT2D eigenvalue weighted by atomic mass is 35.5. The molecule has 2 N–H and O–H groups in total. The van der Waals surface area contributed by atoms with Crippen LogP contribution < -0.4 is 10.0 Å². The van der Waals surface area contributed by atoms with Crippen molar-refractivity contribution < 1.29 is 17.7 Å². The lowest BCUT2D eigenvalue weighted by atomic mass is 10.3. The van der Waals surface area contributed by atoms with Crippen molar-refractivity contribution in [2.75, 3.05) is 5.32 Å². The summed E-state index contributed by atoms with van der Waals surface area (Å²) in [5.74, 6) is 0.204. The highest BCUT2D eigenvalue weighted by molar-refractivity contribution is 7.89. The van der Waals surface area contributed by atoms with E-state index < -0.39 is 22.0 Å². The maximum Gasteiger partial charge on any atom is 0.243 e. The first-order valence-electron chi connectivity index (χ1n) is 6.30. The second kappa shape index (κ2) is 6.47. The van der Waals surface area contributed by atoms with Gasteiger partial charge in [0.15, 0.2) is 5.82 Å². The number of amides is 1. The van der Waals surface area contributed by atoms with Gasteiger partial charge in [0.1, 0.15) is 5.76 Å². The van der Waals surface area contributed by atoms with Gasteiger partial charge in [-0.2, -0.15) is 4.72 Å². The lowest BCUT2D eigenvalue weighted by Gasteiger charge is -2.13. The molecule has 1 aromatic heterocycles. The number of sulfonamides is 1. The van der Waals surface area contributed by atoms with Crippen molar-refractivity contribution in [2.45, 2.75) is 24.8 Å². The van der Waals surface area contributed by atoms with Crippen molar-refractivity contribution in [3.05, 3.63) is 41.1 Å². The molecular weight excluding hydrogens is 330 g/mol. The molecule has 2 aromatic rings. The lowest BCUT2D eigenvalue weighted by Crippen LogP contribution is -2.41. The minimum atomic E-state index is -3.82. The summed E-state index contributed by atoms with van der Waals surface area (Å²) in [4.78, 5) is 12.0. The van der Waals surface area contributed by atoms with Crippen molar-refractivity contribution in [1.82, 2.24) is 9.88 Å². The number of anilines is 1. The third-order valence-electron chi connectivity index (χ3n) is 2.73. The molecule has 0 radical (unpaired) electrons. The first kappa shape index (κ1) is 16.5. The van der Waals surface area contributed by atoms with Crippen LogP contribution in [0.3, 0.4) is 0 Å². The molecule has 0 aliphatic heterocycles. The summed E-state index contributed by atoms with van der Waals surface area (Å²) >= 11 is 5.72. The SMILES string of the molecule is Cc1cc(NC(=O)[C@H](C)NS(=O)(=O)c2ccc(Cl)cc2)no1. The Morgan fingerprint density at radius 3 is 2.50 bits per heavy atom. The molecule has 2 rings (SSSR count). The Hall–Kier alpha value is -1.90. The van der Waals surface area contributed by atoms with E-state index in [9.17, 15) is 13.2 Å². The molecule has 1 atom stereocenters. The van der Waals surface area contributed by atoms with Crippen molar-refractivity contribution in [1.29, 1.82) is 0 Å². The van der Waals surface area contributed by atoms with Crippen LogP contribution in [0.4, 0.5) is 5.82 Å². The summed E-state index contributed by atoms with van der Waals surface area (Å²) in [5.41, 5.74) is 0. The van der Waals surface area contributed by atoms with Gasteiger partial charge < -0.3 is 9.84 Å². The van der Waals surface area contributed by atoms with Crippen LogP contribution in [0.25, 0.3) is 0 Å². The molecule has 7 nitrogen and oxygen atoms in total. The summed E-state index contributed by atoms with van der Waals surface area (Å²) in [6.45, 7) is 3.10. The van der Waals surface area contributed by atoms with Crippen LogP contribution in [0, 0.1) is 6.92 Å². The molecule has 1 amide bonds. The van der Waals surface area contributed by atoms with E-state index in [-0.39, 0.29) is 10.7 Å². The Balaban J connectivity index is 2.05. The first-order valence-corrected chi connectivity index (χ1v) is 8.16. The maximum atomic E-state index is 12.1. The van der Waals surface area contributed by atoms with E-state index in [0.717, 1.165) is 0 Å². The number of hydrogen-bond donors (Lipinski definition) is 2. The van der Waals surface area contributed by atoms with Crippen molar-refractivity contribution >= 4 is 33.3 Å². The van der Waals surface area contributed by atoms with Gasteiger partial charge >= 0.3 is 0 Å². The highest BCUT2D eigenvalue weighted by Gasteiger charge is 2.22. The highest BCUT2D eigenvalue weighted by Crippen LogP contribution is 2.14. The Morgan fingerprint density at radius 1 is 1.32 bits per heavy atom. The maximum absolute atomic E-state index is 12.1. The average molecular weight is 344 g/mol. The van der Waals surface area contributed by atoms with Gasteiger partial charge in [0.05, 0.1) is 10.9 Å². The van der Waals surface area contributed by atoms with Crippen molar-refractivity contribution in [2.24, 2.45) is 0 Å². The van der Waals surface area contributed by atoms with Crippen LogP contribution in [0.15, 0.2) is 39.8 Å². The number of carbonyl (C=O) groups is 1. The molecular formula is C13H14ClN3O4S. The summed E-state index contributed by atoms with van der Waals surface area (Å²) < 4.78 is 31.4. The van der Waals surface area contributed by atoms with Crippen LogP contribution in [-0.4, -0.2) is 25.5 Å². The molecule has 9 heteroatoms. The first-order chi connectivity index (χ1) is 10.3. The zero-order valence-corrected chi connectivity index (χ0v) is 13.4. The summed E-state index contributed by atoms with van der Waals surface area (Å²) in [5, 5.41) is 6.48. The number of benzene rings is 1. The normalized spacial score (nSPS) is 12.9. The predicted octanol–water partition coefficient (Wildman–Crippen LogP) is 1.94. The van der Waals surface area contributed by atoms with Crippen LogP contribution in [0.1, 0.15) is 12.7 Å². The van der Waals surface area contributed by atoms with Crippen LogP contribution in [0.2, 0.25) is 5.02 Å². The second-order valence-electron chi connectivity index (χ2n) is 4.61. The van der Waals surface area contributed by atoms with Crippen LogP contribution in [-0.2, 0) is 14.8 Å². The van der Waals surface area contributed by atoms with Crippen molar-refractivity contribution in [3.63, 3.8) is 0 Å². The molecule has 0 fully saturated rings. The Bertz CT molecular complexity index is 771. The summed E-state index contributed by atoms with van der Waals surface area (Å²) in [6.07, 6.45) is 0. The zero-order chi connectivity index (χ0) is 16.3. The number of aryl methyl sites for hydroxylation is 1. The van der Waals surface area contributed by atoms with Crippen LogP contribution >= 0.6 is 11.6 Å². The van der Waals surface area contributed by atoms with Gasteiger partial charge in [0, 0.05) is 11.1 Å². The Kier molecular flexibility index (Phi) is 4.84. The standard InChI is InChI=1S/C13H14ClN3O4S/c1-8-7-12(16-21-8)15-13(18)9(2)17-22(19,20)11-5-3-10(14)4-6-11/h3-7,9,17H,1-2H3,(H,15,16,18)/t9-/m0/s1. The molecule has 0 unspecified atom stereocenters. The van der Waals surface area contributed by atoms with E-state index in [4.69, 9.17) is 16.1 Å². The molecule has 0 aliphatic carbocycles. The zero-order valence-electron chi connectivity index (χ0n) is 11.8. The Morgan fingerprint density at radius 2 is 1.95 bits per heavy atom. The van der Waals surface area contributed by atoms with Gasteiger partial charge in [0.25, 0.3) is 0 Å². The van der Waals surface area contributed by atoms with Gasteiger partial charge in [-0.3, -0.25) is 4.79 Å². The van der Waals surface area contributed by atoms with E-state index in [1.807, 2.05) is 0 Å². The molecule has 22 heavy (non-hydrogen) atoms. The average Bonchev–Trinajstić information content (AvgIpc) is 2.84. The van der Waals surface area contributed by atoms with Gasteiger partial charge in [-0.15, -0.1) is 0 Å². The fourth-order valence-electron chi connectivity index (χ4n) is 1.63. The summed E-state index contributed by atoms with van der Waals surface area (Å²) in [7, 11) is -3.82. The number of rotatable bonds is 5. The molecule has 0 bridgehead atoms. The van der Waals surface area contributed by atoms with E-state index >= 15 is 0 Å². The fourth-order valence-corrected chi connectivity index (χ4v) is 2.96. The number of hydrogen-bond acceptors (Lipinski definition) is 5. The molecule has 0 aliphatic rings. The summed E-state index contributed by atoms with van der Waals surface area (Å²) in [6, 6.07) is 6.17. The van der Waals surface area contributed by atoms with Gasteiger partial charge in [0.2, 0.25) is 15.9 Å². The number of carbonyl (C=O) groups excluding carboxylic acids is 1. The molecule has 0 saturated heterocycles. The van der Waals surface area contributed by atoms with Crippen LogP contribution in [0.5, 0.6) is 0 Å². The quantitative estimate of drug-likeness (QED) is 0.863. The molecule has 0 saturated carbocycles. The third kappa shape index (κ3) is 4.06. The topological polar surface area (TPSA) is 101 Å². The van der Waals surface area contributed by atoms with Gasteiger partial charge in [-0.05, 0) is 38.1 Å². The number of nitrogens with one attached hydrogen (secondary N) is 2.